The molecule has 1 aromatic rings. The Labute approximate surface area is 115 Å². The number of nitrogens with zero attached hydrogens (tertiary/aromatic N) is 1. The lowest BCUT2D eigenvalue weighted by Gasteiger charge is -2.42. The molecule has 18 heavy (non-hydrogen) atoms. The van der Waals surface area contributed by atoms with Crippen LogP contribution in [0.3, 0.4) is 0 Å². The molecule has 3 unspecified atom stereocenters. The van der Waals surface area contributed by atoms with Crippen LogP contribution in [0.5, 0.6) is 0 Å². The van der Waals surface area contributed by atoms with Crippen molar-refractivity contribution in [1.82, 2.24) is 10.3 Å². The summed E-state index contributed by atoms with van der Waals surface area (Å²) in [4.78, 5) is 4.77. The van der Waals surface area contributed by atoms with E-state index in [4.69, 9.17) is 4.98 Å². The summed E-state index contributed by atoms with van der Waals surface area (Å²) in [7, 11) is 0. The van der Waals surface area contributed by atoms with Crippen molar-refractivity contribution in [3.05, 3.63) is 16.1 Å². The molecule has 2 nitrogen and oxygen atoms in total. The van der Waals surface area contributed by atoms with Gasteiger partial charge in [0.25, 0.3) is 0 Å². The Bertz CT molecular complexity index is 384. The molecule has 1 fully saturated rings. The van der Waals surface area contributed by atoms with Crippen LogP contribution in [-0.4, -0.2) is 11.5 Å². The highest BCUT2D eigenvalue weighted by molar-refractivity contribution is 7.09. The van der Waals surface area contributed by atoms with Crippen LogP contribution in [0.25, 0.3) is 0 Å². The minimum absolute atomic E-state index is 0.154. The third kappa shape index (κ3) is 2.77. The van der Waals surface area contributed by atoms with Crippen LogP contribution < -0.4 is 5.32 Å². The average Bonchev–Trinajstić information content (AvgIpc) is 2.78. The van der Waals surface area contributed by atoms with Gasteiger partial charge < -0.3 is 5.32 Å². The van der Waals surface area contributed by atoms with Gasteiger partial charge in [-0.1, -0.05) is 20.8 Å². The first-order valence-electron chi connectivity index (χ1n) is 7.25. The van der Waals surface area contributed by atoms with E-state index in [0.717, 1.165) is 18.4 Å². The highest BCUT2D eigenvalue weighted by Crippen LogP contribution is 2.43. The average molecular weight is 266 g/mol. The molecular formula is C15H26N2S. The van der Waals surface area contributed by atoms with Crippen molar-refractivity contribution in [2.45, 2.75) is 58.9 Å². The Morgan fingerprint density at radius 2 is 2.22 bits per heavy atom. The quantitative estimate of drug-likeness (QED) is 0.887. The second-order valence-electron chi connectivity index (χ2n) is 6.00. The summed E-state index contributed by atoms with van der Waals surface area (Å²) < 4.78 is 0. The van der Waals surface area contributed by atoms with Gasteiger partial charge in [0.05, 0.1) is 5.54 Å². The number of thiazole rings is 1. The van der Waals surface area contributed by atoms with Crippen molar-refractivity contribution >= 4 is 11.3 Å². The van der Waals surface area contributed by atoms with Crippen LogP contribution in [0.15, 0.2) is 5.38 Å². The molecule has 0 amide bonds. The molecule has 102 valence electrons. The van der Waals surface area contributed by atoms with E-state index >= 15 is 0 Å². The molecule has 1 heterocycles. The van der Waals surface area contributed by atoms with Gasteiger partial charge in [0.2, 0.25) is 0 Å². The van der Waals surface area contributed by atoms with E-state index in [2.05, 4.69) is 38.4 Å². The van der Waals surface area contributed by atoms with E-state index in [-0.39, 0.29) is 5.54 Å². The topological polar surface area (TPSA) is 24.9 Å². The normalized spacial score (nSPS) is 32.7. The van der Waals surface area contributed by atoms with Crippen LogP contribution in [-0.2, 0) is 5.54 Å². The monoisotopic (exact) mass is 266 g/mol. The van der Waals surface area contributed by atoms with E-state index < -0.39 is 0 Å². The number of aryl methyl sites for hydroxylation is 1. The van der Waals surface area contributed by atoms with Crippen molar-refractivity contribution in [2.24, 2.45) is 11.8 Å². The Balaban J connectivity index is 2.23. The van der Waals surface area contributed by atoms with Crippen LogP contribution in [0.4, 0.5) is 0 Å². The van der Waals surface area contributed by atoms with E-state index in [1.165, 1.54) is 36.4 Å². The summed E-state index contributed by atoms with van der Waals surface area (Å²) >= 11 is 1.84. The fraction of sp³-hybridized carbons (Fsp3) is 0.800. The second kappa shape index (κ2) is 5.70. The van der Waals surface area contributed by atoms with Gasteiger partial charge in [0.15, 0.2) is 0 Å². The number of aromatic nitrogens is 1. The SMILES string of the molecule is CCCNC1(c2nc(C)cs2)CCC(C)C(C)C1. The molecular weight excluding hydrogens is 240 g/mol. The Kier molecular flexibility index (Phi) is 4.44. The molecule has 1 aliphatic rings. The Hall–Kier alpha value is -0.410. The summed E-state index contributed by atoms with van der Waals surface area (Å²) in [5.74, 6) is 1.63. The molecule has 1 aliphatic carbocycles. The summed E-state index contributed by atoms with van der Waals surface area (Å²) in [6, 6.07) is 0. The molecule has 0 aliphatic heterocycles. The first kappa shape index (κ1) is 14.0. The third-order valence-electron chi connectivity index (χ3n) is 4.41. The van der Waals surface area contributed by atoms with Crippen molar-refractivity contribution < 1.29 is 0 Å². The molecule has 0 bridgehead atoms. The lowest BCUT2D eigenvalue weighted by molar-refractivity contribution is 0.140. The maximum atomic E-state index is 4.77. The van der Waals surface area contributed by atoms with Gasteiger partial charge in [0.1, 0.15) is 5.01 Å². The van der Waals surface area contributed by atoms with Crippen molar-refractivity contribution in [1.29, 1.82) is 0 Å². The van der Waals surface area contributed by atoms with Crippen molar-refractivity contribution in [3.8, 4) is 0 Å². The Morgan fingerprint density at radius 3 is 2.78 bits per heavy atom. The lowest BCUT2D eigenvalue weighted by atomic mass is 9.71. The highest BCUT2D eigenvalue weighted by atomic mass is 32.1. The van der Waals surface area contributed by atoms with Gasteiger partial charge in [-0.2, -0.15) is 0 Å². The minimum atomic E-state index is 0.154. The maximum Gasteiger partial charge on any atom is 0.113 e. The van der Waals surface area contributed by atoms with Gasteiger partial charge >= 0.3 is 0 Å². The third-order valence-corrected chi connectivity index (χ3v) is 5.57. The second-order valence-corrected chi connectivity index (χ2v) is 6.86. The minimum Gasteiger partial charge on any atom is -0.305 e. The molecule has 0 spiro atoms. The predicted octanol–water partition coefficient (Wildman–Crippen LogP) is 4.10. The molecule has 3 atom stereocenters. The summed E-state index contributed by atoms with van der Waals surface area (Å²) in [5, 5.41) is 7.31. The standard InChI is InChI=1S/C15H26N2S/c1-5-8-16-15(14-17-13(4)10-18-14)7-6-11(2)12(3)9-15/h10-12,16H,5-9H2,1-4H3. The zero-order valence-corrected chi connectivity index (χ0v) is 12.9. The van der Waals surface area contributed by atoms with E-state index in [9.17, 15) is 0 Å². The molecule has 0 radical (unpaired) electrons. The first-order chi connectivity index (χ1) is 8.57. The van der Waals surface area contributed by atoms with Crippen molar-refractivity contribution in [3.63, 3.8) is 0 Å². The van der Waals surface area contributed by atoms with E-state index in [1.807, 2.05) is 11.3 Å². The van der Waals surface area contributed by atoms with E-state index in [1.54, 1.807) is 0 Å². The van der Waals surface area contributed by atoms with Gasteiger partial charge in [0, 0.05) is 11.1 Å². The number of hydrogen-bond donors (Lipinski definition) is 1. The first-order valence-corrected chi connectivity index (χ1v) is 8.13. The molecule has 0 saturated heterocycles. The number of hydrogen-bond acceptors (Lipinski definition) is 3. The van der Waals surface area contributed by atoms with Crippen molar-refractivity contribution in [2.75, 3.05) is 6.54 Å². The van der Waals surface area contributed by atoms with Gasteiger partial charge in [-0.3, -0.25) is 0 Å². The fourth-order valence-electron chi connectivity index (χ4n) is 2.98. The van der Waals surface area contributed by atoms with Gasteiger partial charge in [-0.15, -0.1) is 11.3 Å². The summed E-state index contributed by atoms with van der Waals surface area (Å²) in [5.41, 5.74) is 1.32. The summed E-state index contributed by atoms with van der Waals surface area (Å²) in [6.07, 6.45) is 4.99. The zero-order chi connectivity index (χ0) is 13.2. The lowest BCUT2D eigenvalue weighted by Crippen LogP contribution is -2.47. The molecule has 1 N–H and O–H groups in total. The van der Waals surface area contributed by atoms with Gasteiger partial charge in [-0.25, -0.2) is 4.98 Å². The Morgan fingerprint density at radius 1 is 1.44 bits per heavy atom. The molecule has 0 aromatic carbocycles. The fourth-order valence-corrected chi connectivity index (χ4v) is 3.99. The smallest absolute Gasteiger partial charge is 0.113 e. The maximum absolute atomic E-state index is 4.77. The molecule has 3 heteroatoms. The van der Waals surface area contributed by atoms with E-state index in [0.29, 0.717) is 0 Å². The predicted molar refractivity (Wildman–Crippen MR) is 79.0 cm³/mol. The zero-order valence-electron chi connectivity index (χ0n) is 12.1. The van der Waals surface area contributed by atoms with Crippen LogP contribution in [0.1, 0.15) is 57.2 Å². The molecule has 2 rings (SSSR count). The largest absolute Gasteiger partial charge is 0.305 e. The van der Waals surface area contributed by atoms with Crippen LogP contribution >= 0.6 is 11.3 Å². The summed E-state index contributed by atoms with van der Waals surface area (Å²) in [6.45, 7) is 10.2. The number of nitrogens with one attached hydrogen (secondary N) is 1. The molecule has 1 saturated carbocycles. The highest BCUT2D eigenvalue weighted by Gasteiger charge is 2.40. The molecule has 1 aromatic heterocycles. The van der Waals surface area contributed by atoms with Crippen LogP contribution in [0.2, 0.25) is 0 Å². The van der Waals surface area contributed by atoms with Crippen LogP contribution in [0, 0.1) is 18.8 Å². The van der Waals surface area contributed by atoms with Gasteiger partial charge in [-0.05, 0) is 51.0 Å². The number of rotatable bonds is 4.